The summed E-state index contributed by atoms with van der Waals surface area (Å²) < 4.78 is 95.7. The summed E-state index contributed by atoms with van der Waals surface area (Å²) in [5.41, 5.74) is 0.563. The number of aromatic nitrogens is 6. The molecule has 2 aromatic carbocycles. The van der Waals surface area contributed by atoms with Crippen molar-refractivity contribution in [2.24, 2.45) is 0 Å². The van der Waals surface area contributed by atoms with Gasteiger partial charge in [-0.15, -0.1) is 0 Å². The maximum Gasteiger partial charge on any atom is 0.418 e. The first-order valence-electron chi connectivity index (χ1n) is 15.2. The molecule has 252 valence electrons. The van der Waals surface area contributed by atoms with E-state index in [1.165, 1.54) is 13.4 Å². The van der Waals surface area contributed by atoms with Gasteiger partial charge >= 0.3 is 12.4 Å². The molecule has 10 nitrogen and oxygen atoms in total. The van der Waals surface area contributed by atoms with Crippen LogP contribution in [0.1, 0.15) is 58.1 Å². The molecule has 0 bridgehead atoms. The monoisotopic (exact) mass is 680 g/mol. The summed E-state index contributed by atoms with van der Waals surface area (Å²) in [4.78, 5) is 22.7. The van der Waals surface area contributed by atoms with Crippen molar-refractivity contribution in [2.45, 2.75) is 43.2 Å². The molecule has 16 heteroatoms. The zero-order valence-electron chi connectivity index (χ0n) is 25.5. The van der Waals surface area contributed by atoms with Crippen LogP contribution >= 0.6 is 0 Å². The van der Waals surface area contributed by atoms with Gasteiger partial charge in [0.05, 0.1) is 41.1 Å². The molecule has 0 saturated carbocycles. The minimum absolute atomic E-state index is 0.00683. The molecule has 1 aliphatic heterocycles. The van der Waals surface area contributed by atoms with Crippen LogP contribution in [0.3, 0.4) is 0 Å². The van der Waals surface area contributed by atoms with E-state index in [2.05, 4.69) is 35.6 Å². The van der Waals surface area contributed by atoms with E-state index in [-0.39, 0.29) is 52.6 Å². The predicted molar refractivity (Wildman–Crippen MR) is 167 cm³/mol. The van der Waals surface area contributed by atoms with E-state index in [1.807, 2.05) is 30.3 Å². The Labute approximate surface area is 273 Å². The second kappa shape index (κ2) is 11.3. The molecule has 3 unspecified atom stereocenters. The number of methoxy groups -OCH3 is 1. The van der Waals surface area contributed by atoms with Crippen LogP contribution in [0.15, 0.2) is 61.2 Å². The van der Waals surface area contributed by atoms with Gasteiger partial charge in [-0.2, -0.15) is 26.3 Å². The third-order valence-corrected chi connectivity index (χ3v) is 9.03. The number of ether oxygens (including phenoxy) is 2. The normalized spacial score (nSPS) is 19.0. The molecular formula is C33H26F6N8O2. The van der Waals surface area contributed by atoms with Gasteiger partial charge in [-0.1, -0.05) is 24.3 Å². The van der Waals surface area contributed by atoms with E-state index in [4.69, 9.17) is 14.5 Å². The maximum absolute atomic E-state index is 14.2. The zero-order valence-corrected chi connectivity index (χ0v) is 25.5. The van der Waals surface area contributed by atoms with Gasteiger partial charge in [-0.3, -0.25) is 0 Å². The van der Waals surface area contributed by atoms with Crippen LogP contribution in [0.4, 0.5) is 38.0 Å². The SMILES string of the molecule is COc1ccc2c(c1)CC(c1nc(NC3COc4ccccc43)c3c(C(F)(F)F)c[nH]c3n1)CC2Nc1ncnc2[nH]cc(C(F)(F)F)c12. The van der Waals surface area contributed by atoms with Crippen LogP contribution in [0.25, 0.3) is 22.1 Å². The highest BCUT2D eigenvalue weighted by Crippen LogP contribution is 2.45. The number of benzene rings is 2. The lowest BCUT2D eigenvalue weighted by Crippen LogP contribution is -2.25. The molecule has 1 aliphatic carbocycles. The Hall–Kier alpha value is -5.54. The number of rotatable bonds is 6. The summed E-state index contributed by atoms with van der Waals surface area (Å²) in [6.45, 7) is 0.182. The van der Waals surface area contributed by atoms with Crippen LogP contribution in [0, 0.1) is 0 Å². The highest BCUT2D eigenvalue weighted by Gasteiger charge is 2.39. The van der Waals surface area contributed by atoms with E-state index in [0.717, 1.165) is 29.1 Å². The summed E-state index contributed by atoms with van der Waals surface area (Å²) >= 11 is 0. The van der Waals surface area contributed by atoms with Gasteiger partial charge in [0, 0.05) is 23.9 Å². The van der Waals surface area contributed by atoms with Gasteiger partial charge in [0.15, 0.2) is 0 Å². The average Bonchev–Trinajstić information content (AvgIpc) is 3.82. The van der Waals surface area contributed by atoms with Gasteiger partial charge in [0.2, 0.25) is 0 Å². The lowest BCUT2D eigenvalue weighted by atomic mass is 9.80. The van der Waals surface area contributed by atoms with Gasteiger partial charge in [0.1, 0.15) is 53.2 Å². The van der Waals surface area contributed by atoms with Crippen LogP contribution in [-0.4, -0.2) is 43.6 Å². The fraction of sp³-hybridized carbons (Fsp3) is 0.273. The summed E-state index contributed by atoms with van der Waals surface area (Å²) in [5.74, 6) is 0.923. The predicted octanol–water partition coefficient (Wildman–Crippen LogP) is 7.70. The number of nitrogens with zero attached hydrogens (tertiary/aromatic N) is 4. The highest BCUT2D eigenvalue weighted by atomic mass is 19.4. The van der Waals surface area contributed by atoms with Gasteiger partial charge in [0.25, 0.3) is 0 Å². The Kier molecular flexibility index (Phi) is 7.08. The molecule has 5 heterocycles. The number of para-hydroxylation sites is 1. The summed E-state index contributed by atoms with van der Waals surface area (Å²) in [6, 6.07) is 11.6. The Morgan fingerprint density at radius 3 is 2.29 bits per heavy atom. The first-order chi connectivity index (χ1) is 23.5. The summed E-state index contributed by atoms with van der Waals surface area (Å²) in [5, 5.41) is 5.98. The minimum Gasteiger partial charge on any atom is -0.497 e. The fourth-order valence-electron chi connectivity index (χ4n) is 6.79. The zero-order chi connectivity index (χ0) is 34.1. The van der Waals surface area contributed by atoms with Gasteiger partial charge in [-0.25, -0.2) is 19.9 Å². The number of hydrogen-bond acceptors (Lipinski definition) is 8. The van der Waals surface area contributed by atoms with Crippen molar-refractivity contribution in [3.05, 3.63) is 94.8 Å². The van der Waals surface area contributed by atoms with E-state index in [0.29, 0.717) is 17.9 Å². The largest absolute Gasteiger partial charge is 0.497 e. The molecule has 6 aromatic rings. The third-order valence-electron chi connectivity index (χ3n) is 9.03. The number of anilines is 2. The molecule has 0 fully saturated rings. The molecule has 0 spiro atoms. The Balaban J connectivity index is 1.22. The van der Waals surface area contributed by atoms with Crippen LogP contribution < -0.4 is 20.1 Å². The number of alkyl halides is 6. The molecule has 4 N–H and O–H groups in total. The standard InChI is InChI=1S/C33H26F6N8O2/c1-48-17-6-7-18-15(9-17)8-16(10-22(18)44-30-25-20(32(34,35)36)11-40-28(25)42-14-43-30)27-46-29-26(21(12-41-29)33(37,38)39)31(47-27)45-23-13-49-24-5-3-2-4-19(23)24/h2-7,9,11-12,14,16,22-23H,8,10,13H2,1H3,(H2,40,42,43,44)(H2,41,45,46,47). The molecule has 0 saturated heterocycles. The minimum atomic E-state index is -4.69. The van der Waals surface area contributed by atoms with Crippen LogP contribution in [0.5, 0.6) is 11.5 Å². The van der Waals surface area contributed by atoms with Crippen LogP contribution in [0.2, 0.25) is 0 Å². The van der Waals surface area contributed by atoms with Crippen molar-refractivity contribution in [1.29, 1.82) is 0 Å². The second-order valence-electron chi connectivity index (χ2n) is 11.9. The maximum atomic E-state index is 14.2. The highest BCUT2D eigenvalue weighted by molar-refractivity contribution is 5.92. The van der Waals surface area contributed by atoms with Crippen molar-refractivity contribution < 1.29 is 35.8 Å². The molecule has 2 aliphatic rings. The summed E-state index contributed by atoms with van der Waals surface area (Å²) in [6.07, 6.45) is -5.80. The first-order valence-corrected chi connectivity index (χ1v) is 15.2. The van der Waals surface area contributed by atoms with Crippen LogP contribution in [-0.2, 0) is 18.8 Å². The molecule has 0 radical (unpaired) electrons. The van der Waals surface area contributed by atoms with Crippen molar-refractivity contribution in [1.82, 2.24) is 29.9 Å². The number of aromatic amines is 2. The Morgan fingerprint density at radius 2 is 1.53 bits per heavy atom. The Morgan fingerprint density at radius 1 is 0.816 bits per heavy atom. The fourth-order valence-corrected chi connectivity index (χ4v) is 6.79. The number of halogens is 6. The molecule has 4 aromatic heterocycles. The molecular weight excluding hydrogens is 654 g/mol. The van der Waals surface area contributed by atoms with E-state index in [1.54, 1.807) is 12.1 Å². The van der Waals surface area contributed by atoms with E-state index in [9.17, 15) is 26.3 Å². The number of fused-ring (bicyclic) bond motifs is 4. The van der Waals surface area contributed by atoms with Crippen molar-refractivity contribution in [3.63, 3.8) is 0 Å². The molecule has 8 rings (SSSR count). The Bertz CT molecular complexity index is 2210. The lowest BCUT2D eigenvalue weighted by Gasteiger charge is -2.32. The van der Waals surface area contributed by atoms with Crippen molar-refractivity contribution in [2.75, 3.05) is 24.4 Å². The topological polar surface area (TPSA) is 126 Å². The quantitative estimate of drug-likeness (QED) is 0.132. The molecule has 3 atom stereocenters. The van der Waals surface area contributed by atoms with Gasteiger partial charge in [-0.05, 0) is 42.2 Å². The van der Waals surface area contributed by atoms with Crippen molar-refractivity contribution >= 4 is 33.7 Å². The first kappa shape index (κ1) is 30.8. The molecule has 49 heavy (non-hydrogen) atoms. The smallest absolute Gasteiger partial charge is 0.418 e. The molecule has 0 amide bonds. The second-order valence-corrected chi connectivity index (χ2v) is 11.9. The average molecular weight is 681 g/mol. The van der Waals surface area contributed by atoms with Crippen molar-refractivity contribution in [3.8, 4) is 11.5 Å². The summed E-state index contributed by atoms with van der Waals surface area (Å²) in [7, 11) is 1.52. The van der Waals surface area contributed by atoms with E-state index >= 15 is 0 Å². The number of hydrogen-bond donors (Lipinski definition) is 4. The number of H-pyrrole nitrogens is 2. The lowest BCUT2D eigenvalue weighted by molar-refractivity contribution is -0.137. The van der Waals surface area contributed by atoms with Gasteiger partial charge < -0.3 is 30.1 Å². The third kappa shape index (κ3) is 5.40. The number of nitrogens with one attached hydrogen (secondary N) is 4. The van der Waals surface area contributed by atoms with E-state index < -0.39 is 41.5 Å².